The number of aromatic nitrogens is 2. The van der Waals surface area contributed by atoms with Crippen molar-refractivity contribution in [2.45, 2.75) is 24.8 Å². The lowest BCUT2D eigenvalue weighted by Gasteiger charge is -2.29. The van der Waals surface area contributed by atoms with Crippen molar-refractivity contribution in [1.82, 2.24) is 10.3 Å². The summed E-state index contributed by atoms with van der Waals surface area (Å²) in [5.41, 5.74) is 2.08. The Morgan fingerprint density at radius 2 is 1.78 bits per heavy atom. The zero-order valence-electron chi connectivity index (χ0n) is 17.8. The van der Waals surface area contributed by atoms with Crippen LogP contribution in [0.2, 0.25) is 0 Å². The van der Waals surface area contributed by atoms with Gasteiger partial charge in [0.05, 0.1) is 33.6 Å². The number of nitrogens with zero attached hydrogens (tertiary/aromatic N) is 2. The highest BCUT2D eigenvalue weighted by Gasteiger charge is 2.38. The summed E-state index contributed by atoms with van der Waals surface area (Å²) in [5, 5.41) is 14.4. The molecule has 0 radical (unpaired) electrons. The van der Waals surface area contributed by atoms with E-state index in [1.54, 1.807) is 27.6 Å². The third-order valence-electron chi connectivity index (χ3n) is 5.80. The van der Waals surface area contributed by atoms with Crippen LogP contribution in [0.25, 0.3) is 0 Å². The predicted molar refractivity (Wildman–Crippen MR) is 113 cm³/mol. The van der Waals surface area contributed by atoms with Crippen molar-refractivity contribution in [2.24, 2.45) is 0 Å². The van der Waals surface area contributed by atoms with E-state index in [-0.39, 0.29) is 11.7 Å². The number of methoxy groups -OCH3 is 3. The molecule has 0 bridgehead atoms. The minimum absolute atomic E-state index is 0.00602. The van der Waals surface area contributed by atoms with Gasteiger partial charge in [0.2, 0.25) is 17.4 Å². The molecule has 1 aliphatic carbocycles. The molecule has 166 valence electrons. The molecular weight excluding hydrogens is 416 g/mol. The van der Waals surface area contributed by atoms with Gasteiger partial charge in [0.1, 0.15) is 5.76 Å². The molecule has 10 nitrogen and oxygen atoms in total. The number of benzene rings is 1. The van der Waals surface area contributed by atoms with Crippen LogP contribution in [0.15, 0.2) is 50.8 Å². The van der Waals surface area contributed by atoms with Crippen LogP contribution in [-0.2, 0) is 4.79 Å². The molecule has 0 fully saturated rings. The minimum Gasteiger partial charge on any atom is -0.493 e. The van der Waals surface area contributed by atoms with Crippen molar-refractivity contribution < 1.29 is 28.1 Å². The van der Waals surface area contributed by atoms with Gasteiger partial charge in [-0.2, -0.15) is 0 Å². The Labute approximate surface area is 183 Å². The number of furan rings is 1. The summed E-state index contributed by atoms with van der Waals surface area (Å²) < 4.78 is 27.0. The first-order valence-corrected chi connectivity index (χ1v) is 10.1. The second-order valence-electron chi connectivity index (χ2n) is 7.56. The maximum Gasteiger partial charge on any atom is 0.219 e. The maximum absolute atomic E-state index is 13.4. The van der Waals surface area contributed by atoms with Gasteiger partial charge in [0.15, 0.2) is 17.3 Å². The maximum atomic E-state index is 13.4. The molecule has 5 rings (SSSR count). The van der Waals surface area contributed by atoms with Crippen LogP contribution in [0.5, 0.6) is 17.2 Å². The molecular formula is C22H22N4O6. The van der Waals surface area contributed by atoms with Gasteiger partial charge >= 0.3 is 0 Å². The number of fused-ring (bicyclic) bond motifs is 1. The average molecular weight is 438 g/mol. The second-order valence-corrected chi connectivity index (χ2v) is 7.56. The molecule has 2 aromatic heterocycles. The summed E-state index contributed by atoms with van der Waals surface area (Å²) in [6, 6.07) is 6.80. The quantitative estimate of drug-likeness (QED) is 0.610. The highest BCUT2D eigenvalue weighted by molar-refractivity contribution is 6.00. The Morgan fingerprint density at radius 1 is 1.03 bits per heavy atom. The van der Waals surface area contributed by atoms with E-state index in [4.69, 9.17) is 23.3 Å². The third-order valence-corrected chi connectivity index (χ3v) is 5.80. The highest BCUT2D eigenvalue weighted by Crippen LogP contribution is 2.46. The van der Waals surface area contributed by atoms with E-state index in [0.29, 0.717) is 47.3 Å². The van der Waals surface area contributed by atoms with E-state index >= 15 is 0 Å². The normalized spacial score (nSPS) is 19.9. The molecule has 32 heavy (non-hydrogen) atoms. The van der Waals surface area contributed by atoms with Crippen LogP contribution in [0.1, 0.15) is 36.1 Å². The molecule has 0 saturated carbocycles. The van der Waals surface area contributed by atoms with E-state index in [0.717, 1.165) is 17.0 Å². The molecule has 0 spiro atoms. The van der Waals surface area contributed by atoms with Crippen molar-refractivity contribution in [3.63, 3.8) is 0 Å². The summed E-state index contributed by atoms with van der Waals surface area (Å²) in [7, 11) is 4.64. The Kier molecular flexibility index (Phi) is 4.96. The molecule has 0 amide bonds. The predicted octanol–water partition coefficient (Wildman–Crippen LogP) is 3.67. The third kappa shape index (κ3) is 3.24. The van der Waals surface area contributed by atoms with Crippen molar-refractivity contribution in [3.8, 4) is 17.2 Å². The molecule has 0 unspecified atom stereocenters. The van der Waals surface area contributed by atoms with E-state index < -0.39 is 6.04 Å². The number of hydrogen-bond acceptors (Lipinski definition) is 10. The number of carbonyl (C=O) groups is 1. The molecule has 3 heterocycles. The fraction of sp³-hybridized carbons (Fsp3) is 0.318. The molecule has 2 N–H and O–H groups in total. The van der Waals surface area contributed by atoms with Crippen LogP contribution in [0, 0.1) is 0 Å². The largest absolute Gasteiger partial charge is 0.493 e. The van der Waals surface area contributed by atoms with Crippen LogP contribution in [0.4, 0.5) is 11.6 Å². The summed E-state index contributed by atoms with van der Waals surface area (Å²) in [5.74, 6) is 2.94. The van der Waals surface area contributed by atoms with E-state index in [1.807, 2.05) is 24.3 Å². The summed E-state index contributed by atoms with van der Waals surface area (Å²) in [6.07, 6.45) is 2.51. The van der Waals surface area contributed by atoms with E-state index in [2.05, 4.69) is 20.9 Å². The number of Topliss-reactive ketones (excluding diaryl/α,β-unsaturated/α-hetero) is 1. The Hall–Kier alpha value is -3.95. The fourth-order valence-corrected chi connectivity index (χ4v) is 4.34. The summed E-state index contributed by atoms with van der Waals surface area (Å²) >= 11 is 0. The Balaban J connectivity index is 1.64. The number of hydrogen-bond donors (Lipinski definition) is 2. The molecule has 10 heteroatoms. The molecule has 2 atom stereocenters. The number of nitrogens with one attached hydrogen (secondary N) is 2. The smallest absolute Gasteiger partial charge is 0.219 e. The standard InChI is InChI=1S/C22H22N4O6/c1-28-16-9-12(10-17(29-2)20(16)30-3)19-18-13(23-21-22(24-19)26-32-25-21)7-11(8-14(18)27)15-5-4-6-31-15/h4-6,9-11,19H,7-8H2,1-3H3,(H,23,25)(H,24,26)/t11-,19-/m1/s1. The number of rotatable bonds is 5. The topological polar surface area (TPSA) is 121 Å². The molecule has 2 aliphatic rings. The number of anilines is 2. The van der Waals surface area contributed by atoms with Gasteiger partial charge in [0.25, 0.3) is 0 Å². The number of allylic oxidation sites excluding steroid dienone is 1. The molecule has 0 saturated heterocycles. The monoisotopic (exact) mass is 438 g/mol. The van der Waals surface area contributed by atoms with Gasteiger partial charge in [0, 0.05) is 23.6 Å². The summed E-state index contributed by atoms with van der Waals surface area (Å²) in [4.78, 5) is 13.4. The molecule has 1 aromatic carbocycles. The van der Waals surface area contributed by atoms with Crippen LogP contribution in [-0.4, -0.2) is 37.4 Å². The van der Waals surface area contributed by atoms with E-state index in [9.17, 15) is 4.79 Å². The number of carbonyl (C=O) groups excluding carboxylic acids is 1. The van der Waals surface area contributed by atoms with Crippen molar-refractivity contribution in [1.29, 1.82) is 0 Å². The van der Waals surface area contributed by atoms with Gasteiger partial charge in [-0.1, -0.05) is 0 Å². The van der Waals surface area contributed by atoms with Gasteiger partial charge < -0.3 is 29.3 Å². The van der Waals surface area contributed by atoms with Gasteiger partial charge in [-0.3, -0.25) is 4.79 Å². The van der Waals surface area contributed by atoms with Crippen LogP contribution < -0.4 is 24.8 Å². The zero-order chi connectivity index (χ0) is 22.2. The van der Waals surface area contributed by atoms with Gasteiger partial charge in [-0.05, 0) is 46.6 Å². The first-order valence-electron chi connectivity index (χ1n) is 10.1. The molecule has 3 aromatic rings. The van der Waals surface area contributed by atoms with Crippen LogP contribution in [0.3, 0.4) is 0 Å². The highest BCUT2D eigenvalue weighted by atomic mass is 16.6. The van der Waals surface area contributed by atoms with Crippen molar-refractivity contribution in [2.75, 3.05) is 32.0 Å². The summed E-state index contributed by atoms with van der Waals surface area (Å²) in [6.45, 7) is 0. The second kappa shape index (κ2) is 7.95. The lowest BCUT2D eigenvalue weighted by molar-refractivity contribution is -0.116. The molecule has 1 aliphatic heterocycles. The zero-order valence-corrected chi connectivity index (χ0v) is 17.8. The lowest BCUT2D eigenvalue weighted by Crippen LogP contribution is -2.27. The average Bonchev–Trinajstić information content (AvgIpc) is 3.47. The SMILES string of the molecule is COc1cc([C@H]2Nc3nonc3NC3=C2C(=O)C[C@H](c2ccco2)C3)cc(OC)c1OC. The lowest BCUT2D eigenvalue weighted by atomic mass is 9.80. The minimum atomic E-state index is -0.538. The number of ketones is 1. The van der Waals surface area contributed by atoms with Gasteiger partial charge in [-0.15, -0.1) is 0 Å². The first kappa shape index (κ1) is 20.0. The Bertz CT molecular complexity index is 1160. The number of ether oxygens (including phenoxy) is 3. The Morgan fingerprint density at radius 3 is 2.44 bits per heavy atom. The fourth-order valence-electron chi connectivity index (χ4n) is 4.34. The van der Waals surface area contributed by atoms with E-state index in [1.165, 1.54) is 0 Å². The van der Waals surface area contributed by atoms with Crippen LogP contribution >= 0.6 is 0 Å². The van der Waals surface area contributed by atoms with Gasteiger partial charge in [-0.25, -0.2) is 4.63 Å². The first-order chi connectivity index (χ1) is 15.6. The van der Waals surface area contributed by atoms with Crippen molar-refractivity contribution in [3.05, 3.63) is 53.1 Å². The van der Waals surface area contributed by atoms with Crippen molar-refractivity contribution >= 4 is 17.4 Å².